The summed E-state index contributed by atoms with van der Waals surface area (Å²) in [6.45, 7) is 3.30. The molecule has 0 saturated heterocycles. The van der Waals surface area contributed by atoms with Gasteiger partial charge in [-0.3, -0.25) is 4.98 Å². The van der Waals surface area contributed by atoms with E-state index in [1.54, 1.807) is 12.4 Å². The fourth-order valence-electron chi connectivity index (χ4n) is 1.90. The van der Waals surface area contributed by atoms with Crippen LogP contribution in [0.15, 0.2) is 42.7 Å². The maximum atomic E-state index is 9.18. The standard InChI is InChI=1S/C14H17N3O/c1-12-14(16-8-7-15-12)17(9-10-18)11-13-5-3-2-4-6-13/h2-8,18H,9-11H2,1H3. The largest absolute Gasteiger partial charge is 0.395 e. The summed E-state index contributed by atoms with van der Waals surface area (Å²) in [5.41, 5.74) is 2.07. The van der Waals surface area contributed by atoms with Crippen molar-refractivity contribution in [2.75, 3.05) is 18.1 Å². The van der Waals surface area contributed by atoms with E-state index in [1.807, 2.05) is 30.0 Å². The molecule has 2 rings (SSSR count). The smallest absolute Gasteiger partial charge is 0.150 e. The fourth-order valence-corrected chi connectivity index (χ4v) is 1.90. The first-order valence-corrected chi connectivity index (χ1v) is 5.98. The number of aliphatic hydroxyl groups is 1. The third kappa shape index (κ3) is 3.05. The predicted octanol–water partition coefficient (Wildman–Crippen LogP) is 1.78. The van der Waals surface area contributed by atoms with Crippen molar-refractivity contribution in [2.24, 2.45) is 0 Å². The number of anilines is 1. The Morgan fingerprint density at radius 3 is 2.50 bits per heavy atom. The molecule has 0 aliphatic heterocycles. The van der Waals surface area contributed by atoms with Crippen LogP contribution < -0.4 is 4.90 Å². The van der Waals surface area contributed by atoms with Gasteiger partial charge in [-0.05, 0) is 12.5 Å². The van der Waals surface area contributed by atoms with Crippen molar-refractivity contribution < 1.29 is 5.11 Å². The van der Waals surface area contributed by atoms with Gasteiger partial charge in [0, 0.05) is 25.5 Å². The van der Waals surface area contributed by atoms with Gasteiger partial charge in [-0.25, -0.2) is 4.98 Å². The summed E-state index contributed by atoms with van der Waals surface area (Å²) < 4.78 is 0. The van der Waals surface area contributed by atoms with Gasteiger partial charge in [0.05, 0.1) is 12.3 Å². The average molecular weight is 243 g/mol. The van der Waals surface area contributed by atoms with Crippen LogP contribution in [0.1, 0.15) is 11.3 Å². The van der Waals surface area contributed by atoms with Crippen LogP contribution in [0.3, 0.4) is 0 Å². The highest BCUT2D eigenvalue weighted by atomic mass is 16.3. The van der Waals surface area contributed by atoms with Gasteiger partial charge in [0.2, 0.25) is 0 Å². The summed E-state index contributed by atoms with van der Waals surface area (Å²) in [6.07, 6.45) is 3.36. The van der Waals surface area contributed by atoms with Gasteiger partial charge in [0.25, 0.3) is 0 Å². The molecule has 0 saturated carbocycles. The van der Waals surface area contributed by atoms with Gasteiger partial charge in [-0.2, -0.15) is 0 Å². The summed E-state index contributed by atoms with van der Waals surface area (Å²) in [6, 6.07) is 10.1. The van der Waals surface area contributed by atoms with E-state index in [1.165, 1.54) is 5.56 Å². The van der Waals surface area contributed by atoms with E-state index >= 15 is 0 Å². The van der Waals surface area contributed by atoms with E-state index < -0.39 is 0 Å². The Morgan fingerprint density at radius 1 is 1.11 bits per heavy atom. The van der Waals surface area contributed by atoms with Gasteiger partial charge in [-0.15, -0.1) is 0 Å². The summed E-state index contributed by atoms with van der Waals surface area (Å²) in [5.74, 6) is 0.829. The quantitative estimate of drug-likeness (QED) is 0.869. The van der Waals surface area contributed by atoms with Crippen LogP contribution in [0.2, 0.25) is 0 Å². The molecular weight excluding hydrogens is 226 g/mol. The molecule has 4 heteroatoms. The minimum atomic E-state index is 0.100. The maximum Gasteiger partial charge on any atom is 0.150 e. The first kappa shape index (κ1) is 12.5. The minimum Gasteiger partial charge on any atom is -0.395 e. The van der Waals surface area contributed by atoms with Crippen LogP contribution in [-0.2, 0) is 6.54 Å². The summed E-state index contributed by atoms with van der Waals surface area (Å²) in [7, 11) is 0. The molecule has 4 nitrogen and oxygen atoms in total. The number of benzene rings is 1. The zero-order valence-electron chi connectivity index (χ0n) is 10.5. The molecule has 1 aromatic heterocycles. The highest BCUT2D eigenvalue weighted by Gasteiger charge is 2.11. The van der Waals surface area contributed by atoms with Gasteiger partial charge >= 0.3 is 0 Å². The van der Waals surface area contributed by atoms with E-state index in [-0.39, 0.29) is 6.61 Å². The normalized spacial score (nSPS) is 10.3. The molecule has 1 N–H and O–H groups in total. The zero-order chi connectivity index (χ0) is 12.8. The van der Waals surface area contributed by atoms with Crippen molar-refractivity contribution >= 4 is 5.82 Å². The molecule has 1 heterocycles. The van der Waals surface area contributed by atoms with E-state index in [0.29, 0.717) is 6.54 Å². The number of aromatic nitrogens is 2. The van der Waals surface area contributed by atoms with Crippen LogP contribution in [0.25, 0.3) is 0 Å². The molecule has 0 radical (unpaired) electrons. The summed E-state index contributed by atoms with van der Waals surface area (Å²) in [5, 5.41) is 9.18. The lowest BCUT2D eigenvalue weighted by atomic mass is 10.2. The Balaban J connectivity index is 2.21. The number of hydrogen-bond donors (Lipinski definition) is 1. The van der Waals surface area contributed by atoms with E-state index in [0.717, 1.165) is 18.1 Å². The third-order valence-corrected chi connectivity index (χ3v) is 2.74. The second-order valence-electron chi connectivity index (χ2n) is 4.10. The number of aryl methyl sites for hydroxylation is 1. The van der Waals surface area contributed by atoms with Crippen molar-refractivity contribution in [2.45, 2.75) is 13.5 Å². The van der Waals surface area contributed by atoms with Crippen molar-refractivity contribution in [3.05, 3.63) is 54.0 Å². The topological polar surface area (TPSA) is 49.2 Å². The molecule has 0 unspecified atom stereocenters. The first-order valence-electron chi connectivity index (χ1n) is 5.98. The molecule has 0 atom stereocenters. The number of aliphatic hydroxyl groups excluding tert-OH is 1. The SMILES string of the molecule is Cc1nccnc1N(CCO)Cc1ccccc1. The zero-order valence-corrected chi connectivity index (χ0v) is 10.5. The van der Waals surface area contributed by atoms with Gasteiger partial charge in [0.15, 0.2) is 0 Å². The number of nitrogens with zero attached hydrogens (tertiary/aromatic N) is 3. The van der Waals surface area contributed by atoms with Crippen LogP contribution >= 0.6 is 0 Å². The average Bonchev–Trinajstić information content (AvgIpc) is 2.40. The molecule has 1 aromatic carbocycles. The second kappa shape index (κ2) is 6.12. The summed E-state index contributed by atoms with van der Waals surface area (Å²) in [4.78, 5) is 10.6. The molecule has 0 aliphatic carbocycles. The highest BCUT2D eigenvalue weighted by molar-refractivity contribution is 5.43. The van der Waals surface area contributed by atoms with Gasteiger partial charge < -0.3 is 10.0 Å². The molecule has 94 valence electrons. The lowest BCUT2D eigenvalue weighted by molar-refractivity contribution is 0.301. The van der Waals surface area contributed by atoms with Crippen LogP contribution in [0, 0.1) is 6.92 Å². The van der Waals surface area contributed by atoms with Crippen molar-refractivity contribution in [1.82, 2.24) is 9.97 Å². The molecule has 0 spiro atoms. The Kier molecular flexibility index (Phi) is 4.25. The minimum absolute atomic E-state index is 0.100. The highest BCUT2D eigenvalue weighted by Crippen LogP contribution is 2.16. The molecule has 2 aromatic rings. The Hall–Kier alpha value is -1.94. The molecule has 0 amide bonds. The van der Waals surface area contributed by atoms with Crippen molar-refractivity contribution in [3.8, 4) is 0 Å². The Bertz CT molecular complexity index is 487. The molecule has 18 heavy (non-hydrogen) atoms. The number of hydrogen-bond acceptors (Lipinski definition) is 4. The molecule has 0 fully saturated rings. The molecule has 0 aliphatic rings. The monoisotopic (exact) mass is 243 g/mol. The van der Waals surface area contributed by atoms with Crippen LogP contribution in [-0.4, -0.2) is 28.2 Å². The number of rotatable bonds is 5. The van der Waals surface area contributed by atoms with Gasteiger partial charge in [-0.1, -0.05) is 30.3 Å². The van der Waals surface area contributed by atoms with Gasteiger partial charge in [0.1, 0.15) is 5.82 Å². The van der Waals surface area contributed by atoms with Crippen LogP contribution in [0.4, 0.5) is 5.82 Å². The predicted molar refractivity (Wildman–Crippen MR) is 71.3 cm³/mol. The molecular formula is C14H17N3O. The fraction of sp³-hybridized carbons (Fsp3) is 0.286. The lowest BCUT2D eigenvalue weighted by Crippen LogP contribution is -2.27. The lowest BCUT2D eigenvalue weighted by Gasteiger charge is -2.23. The molecule has 0 bridgehead atoms. The van der Waals surface area contributed by atoms with Crippen LogP contribution in [0.5, 0.6) is 0 Å². The Labute approximate surface area is 107 Å². The maximum absolute atomic E-state index is 9.18. The van der Waals surface area contributed by atoms with Crippen molar-refractivity contribution in [3.63, 3.8) is 0 Å². The Morgan fingerprint density at radius 2 is 1.83 bits per heavy atom. The summed E-state index contributed by atoms with van der Waals surface area (Å²) >= 11 is 0. The van der Waals surface area contributed by atoms with E-state index in [9.17, 15) is 5.11 Å². The third-order valence-electron chi connectivity index (χ3n) is 2.74. The second-order valence-corrected chi connectivity index (χ2v) is 4.10. The van der Waals surface area contributed by atoms with Crippen molar-refractivity contribution in [1.29, 1.82) is 0 Å². The van der Waals surface area contributed by atoms with E-state index in [4.69, 9.17) is 0 Å². The van der Waals surface area contributed by atoms with E-state index in [2.05, 4.69) is 22.1 Å². The first-order chi connectivity index (χ1) is 8.81.